The van der Waals surface area contributed by atoms with Gasteiger partial charge >= 0.3 is 5.97 Å². The van der Waals surface area contributed by atoms with Gasteiger partial charge in [-0.15, -0.1) is 0 Å². The minimum Gasteiger partial charge on any atom is -0.497 e. The lowest BCUT2D eigenvalue weighted by Gasteiger charge is -2.07. The topological polar surface area (TPSA) is 66.3 Å². The molecule has 0 radical (unpaired) electrons. The highest BCUT2D eigenvalue weighted by Gasteiger charge is 2.23. The van der Waals surface area contributed by atoms with E-state index in [4.69, 9.17) is 18.9 Å². The van der Waals surface area contributed by atoms with Crippen LogP contribution in [-0.4, -0.2) is 33.2 Å². The fourth-order valence-electron chi connectivity index (χ4n) is 2.55. The summed E-state index contributed by atoms with van der Waals surface area (Å²) in [6, 6.07) is 12.8. The van der Waals surface area contributed by atoms with Gasteiger partial charge in [-0.25, -0.2) is 9.79 Å². The number of aliphatic imine (C=N–C) groups is 1. The number of rotatable bonds is 6. The first kappa shape index (κ1) is 17.5. The number of methoxy groups -OCH3 is 3. The third-order valence-corrected chi connectivity index (χ3v) is 3.91. The van der Waals surface area contributed by atoms with Crippen molar-refractivity contribution in [3.63, 3.8) is 0 Å². The number of ether oxygens (including phenoxy) is 4. The van der Waals surface area contributed by atoms with Gasteiger partial charge in [0.05, 0.1) is 21.3 Å². The van der Waals surface area contributed by atoms with Crippen molar-refractivity contribution < 1.29 is 23.7 Å². The summed E-state index contributed by atoms with van der Waals surface area (Å²) in [6.07, 6.45) is 2.05. The van der Waals surface area contributed by atoms with Crippen molar-refractivity contribution in [2.45, 2.75) is 6.42 Å². The molecule has 6 nitrogen and oxygen atoms in total. The van der Waals surface area contributed by atoms with E-state index in [-0.39, 0.29) is 5.70 Å². The molecule has 0 aliphatic carbocycles. The molecule has 0 amide bonds. The van der Waals surface area contributed by atoms with E-state index >= 15 is 0 Å². The van der Waals surface area contributed by atoms with E-state index in [9.17, 15) is 4.79 Å². The zero-order chi connectivity index (χ0) is 18.5. The molecule has 1 aliphatic rings. The van der Waals surface area contributed by atoms with Gasteiger partial charge in [0.2, 0.25) is 5.90 Å². The van der Waals surface area contributed by atoms with Crippen LogP contribution in [0.1, 0.15) is 11.1 Å². The smallest absolute Gasteiger partial charge is 0.363 e. The minimum atomic E-state index is -0.488. The van der Waals surface area contributed by atoms with Gasteiger partial charge in [-0.2, -0.15) is 0 Å². The van der Waals surface area contributed by atoms with Crippen molar-refractivity contribution in [2.24, 2.45) is 4.99 Å². The molecule has 26 heavy (non-hydrogen) atoms. The maximum atomic E-state index is 12.1. The summed E-state index contributed by atoms with van der Waals surface area (Å²) >= 11 is 0. The summed E-state index contributed by atoms with van der Waals surface area (Å²) in [4.78, 5) is 16.4. The van der Waals surface area contributed by atoms with Crippen LogP contribution in [-0.2, 0) is 16.0 Å². The highest BCUT2D eigenvalue weighted by atomic mass is 16.6. The molecule has 0 fully saturated rings. The molecule has 0 unspecified atom stereocenters. The zero-order valence-electron chi connectivity index (χ0n) is 14.8. The molecular formula is C20H19NO5. The summed E-state index contributed by atoms with van der Waals surface area (Å²) in [5, 5.41) is 0. The fraction of sp³-hybridized carbons (Fsp3) is 0.200. The van der Waals surface area contributed by atoms with Crippen LogP contribution in [0.15, 0.2) is 53.2 Å². The van der Waals surface area contributed by atoms with Crippen LogP contribution in [0.5, 0.6) is 17.2 Å². The Hall–Kier alpha value is -3.28. The second-order valence-electron chi connectivity index (χ2n) is 5.56. The number of esters is 1. The maximum absolute atomic E-state index is 12.1. The van der Waals surface area contributed by atoms with Crippen LogP contribution in [0.4, 0.5) is 0 Å². The first-order chi connectivity index (χ1) is 12.6. The van der Waals surface area contributed by atoms with E-state index in [2.05, 4.69) is 4.99 Å². The Kier molecular flexibility index (Phi) is 5.22. The highest BCUT2D eigenvalue weighted by molar-refractivity contribution is 6.07. The molecule has 0 atom stereocenters. The van der Waals surface area contributed by atoms with Crippen LogP contribution in [0, 0.1) is 0 Å². The zero-order valence-corrected chi connectivity index (χ0v) is 14.8. The van der Waals surface area contributed by atoms with Crippen molar-refractivity contribution in [3.8, 4) is 17.2 Å². The second-order valence-corrected chi connectivity index (χ2v) is 5.56. The van der Waals surface area contributed by atoms with E-state index in [1.165, 1.54) is 0 Å². The number of nitrogens with zero attached hydrogens (tertiary/aromatic N) is 1. The van der Waals surface area contributed by atoms with Crippen LogP contribution >= 0.6 is 0 Å². The summed E-state index contributed by atoms with van der Waals surface area (Å²) in [5.41, 5.74) is 1.88. The summed E-state index contributed by atoms with van der Waals surface area (Å²) in [6.45, 7) is 0. The molecule has 3 rings (SSSR count). The minimum absolute atomic E-state index is 0.222. The van der Waals surface area contributed by atoms with Crippen LogP contribution in [0.3, 0.4) is 0 Å². The van der Waals surface area contributed by atoms with Crippen LogP contribution in [0.25, 0.3) is 6.08 Å². The Morgan fingerprint density at radius 1 is 0.962 bits per heavy atom. The Balaban J connectivity index is 1.84. The quantitative estimate of drug-likeness (QED) is 0.589. The Morgan fingerprint density at radius 2 is 1.65 bits per heavy atom. The van der Waals surface area contributed by atoms with Gasteiger partial charge in [0, 0.05) is 12.0 Å². The van der Waals surface area contributed by atoms with Gasteiger partial charge in [0.1, 0.15) is 17.2 Å². The number of hydrogen-bond donors (Lipinski definition) is 0. The molecule has 2 aromatic rings. The Morgan fingerprint density at radius 3 is 2.31 bits per heavy atom. The molecule has 0 aromatic heterocycles. The van der Waals surface area contributed by atoms with Crippen molar-refractivity contribution in [1.82, 2.24) is 0 Å². The predicted molar refractivity (Wildman–Crippen MR) is 97.7 cm³/mol. The lowest BCUT2D eigenvalue weighted by Crippen LogP contribution is -2.06. The molecule has 1 heterocycles. The van der Waals surface area contributed by atoms with Gasteiger partial charge in [-0.05, 0) is 42.0 Å². The summed E-state index contributed by atoms with van der Waals surface area (Å²) in [5.74, 6) is 1.91. The first-order valence-corrected chi connectivity index (χ1v) is 7.99. The number of benzene rings is 2. The monoisotopic (exact) mass is 353 g/mol. The van der Waals surface area contributed by atoms with E-state index in [1.807, 2.05) is 24.3 Å². The summed E-state index contributed by atoms with van der Waals surface area (Å²) < 4.78 is 20.9. The van der Waals surface area contributed by atoms with Gasteiger partial charge < -0.3 is 18.9 Å². The van der Waals surface area contributed by atoms with Crippen molar-refractivity contribution in [3.05, 3.63) is 59.3 Å². The van der Waals surface area contributed by atoms with Crippen LogP contribution < -0.4 is 14.2 Å². The molecule has 0 spiro atoms. The number of hydrogen-bond acceptors (Lipinski definition) is 6. The molecule has 0 N–H and O–H groups in total. The molecule has 1 aliphatic heterocycles. The SMILES string of the molecule is COc1ccc(CC2=N/C(=C\c3cc(OC)ccc3OC)C(=O)O2)cc1. The molecule has 6 heteroatoms. The average Bonchev–Trinajstić information content (AvgIpc) is 3.01. The van der Waals surface area contributed by atoms with E-state index < -0.39 is 5.97 Å². The standard InChI is InChI=1S/C20H19NO5/c1-23-15-6-4-13(5-7-15)10-19-21-17(20(22)26-19)12-14-11-16(24-2)8-9-18(14)25-3/h4-9,11-12H,10H2,1-3H3/b17-12-. The van der Waals surface area contributed by atoms with Crippen LogP contribution in [0.2, 0.25) is 0 Å². The normalized spacial score (nSPS) is 14.8. The van der Waals surface area contributed by atoms with Gasteiger partial charge in [-0.1, -0.05) is 12.1 Å². The van der Waals surface area contributed by atoms with E-state index in [0.717, 1.165) is 11.3 Å². The van der Waals surface area contributed by atoms with Crippen molar-refractivity contribution in [2.75, 3.05) is 21.3 Å². The lowest BCUT2D eigenvalue weighted by atomic mass is 10.1. The third-order valence-electron chi connectivity index (χ3n) is 3.91. The Bertz CT molecular complexity index is 868. The predicted octanol–water partition coefficient (Wildman–Crippen LogP) is 3.25. The van der Waals surface area contributed by atoms with E-state index in [0.29, 0.717) is 29.4 Å². The fourth-order valence-corrected chi connectivity index (χ4v) is 2.55. The third kappa shape index (κ3) is 3.85. The summed E-state index contributed by atoms with van der Waals surface area (Å²) in [7, 11) is 4.75. The molecular weight excluding hydrogens is 334 g/mol. The van der Waals surface area contributed by atoms with E-state index in [1.54, 1.807) is 45.6 Å². The van der Waals surface area contributed by atoms with Gasteiger partial charge in [0.15, 0.2) is 5.70 Å². The molecule has 0 saturated heterocycles. The number of cyclic esters (lactones) is 1. The molecule has 134 valence electrons. The molecule has 2 aromatic carbocycles. The largest absolute Gasteiger partial charge is 0.497 e. The number of carbonyl (C=O) groups is 1. The molecule has 0 saturated carbocycles. The van der Waals surface area contributed by atoms with Crippen molar-refractivity contribution >= 4 is 17.9 Å². The van der Waals surface area contributed by atoms with Gasteiger partial charge in [-0.3, -0.25) is 0 Å². The number of carbonyl (C=O) groups excluding carboxylic acids is 1. The van der Waals surface area contributed by atoms with Crippen molar-refractivity contribution in [1.29, 1.82) is 0 Å². The first-order valence-electron chi connectivity index (χ1n) is 7.99. The highest BCUT2D eigenvalue weighted by Crippen LogP contribution is 2.28. The van der Waals surface area contributed by atoms with Gasteiger partial charge in [0.25, 0.3) is 0 Å². The maximum Gasteiger partial charge on any atom is 0.363 e. The lowest BCUT2D eigenvalue weighted by molar-refractivity contribution is -0.130. The average molecular weight is 353 g/mol. The molecule has 0 bridgehead atoms. The second kappa shape index (κ2) is 7.74. The Labute approximate surface area is 151 Å².